The van der Waals surface area contributed by atoms with Crippen molar-refractivity contribution in [3.05, 3.63) is 105 Å². The lowest BCUT2D eigenvalue weighted by atomic mass is 10.1. The number of halogens is 2. The van der Waals surface area contributed by atoms with Crippen LogP contribution in [0.4, 0.5) is 5.69 Å². The van der Waals surface area contributed by atoms with Crippen LogP contribution < -0.4 is 0 Å². The number of hydrogen-bond donors (Lipinski definition) is 0. The van der Waals surface area contributed by atoms with Gasteiger partial charge < -0.3 is 0 Å². The largest absolute Gasteiger partial charge is 0.289 e. The summed E-state index contributed by atoms with van der Waals surface area (Å²) in [6.07, 6.45) is 5.07. The number of carbonyl (C=O) groups excluding carboxylic acids is 1. The standard InChI is InChI=1S/C22H15BrClNO/c23-19-11-8-16(9-12-19)10-13-22(26)17-5-3-6-20(14-17)25-15-18-4-1-2-7-21(18)24/h1-15H. The lowest BCUT2D eigenvalue weighted by Gasteiger charge is -2.00. The molecule has 2 nitrogen and oxygen atoms in total. The van der Waals surface area contributed by atoms with Gasteiger partial charge in [0.2, 0.25) is 0 Å². The molecule has 128 valence electrons. The van der Waals surface area contributed by atoms with Gasteiger partial charge in [-0.2, -0.15) is 0 Å². The molecule has 3 aromatic rings. The molecule has 0 N–H and O–H groups in total. The molecule has 0 bridgehead atoms. The highest BCUT2D eigenvalue weighted by Gasteiger charge is 2.03. The first kappa shape index (κ1) is 18.3. The van der Waals surface area contributed by atoms with E-state index in [0.29, 0.717) is 16.3 Å². The summed E-state index contributed by atoms with van der Waals surface area (Å²) in [7, 11) is 0. The van der Waals surface area contributed by atoms with Crippen LogP contribution in [-0.2, 0) is 0 Å². The Bertz CT molecular complexity index is 977. The molecule has 0 saturated heterocycles. The Labute approximate surface area is 166 Å². The molecule has 4 heteroatoms. The highest BCUT2D eigenvalue weighted by molar-refractivity contribution is 9.10. The molecule has 0 radical (unpaired) electrons. The van der Waals surface area contributed by atoms with Gasteiger partial charge in [-0.25, -0.2) is 0 Å². The Kier molecular flexibility index (Phi) is 6.16. The fourth-order valence-corrected chi connectivity index (χ4v) is 2.75. The molecule has 3 rings (SSSR count). The average molecular weight is 425 g/mol. The molecule has 0 saturated carbocycles. The van der Waals surface area contributed by atoms with Crippen LogP contribution in [0.15, 0.2) is 88.3 Å². The summed E-state index contributed by atoms with van der Waals surface area (Å²) in [6, 6.07) is 22.5. The van der Waals surface area contributed by atoms with Crippen LogP contribution in [0.25, 0.3) is 6.08 Å². The second kappa shape index (κ2) is 8.75. The van der Waals surface area contributed by atoms with Crippen molar-refractivity contribution in [2.75, 3.05) is 0 Å². The molecule has 0 amide bonds. The lowest BCUT2D eigenvalue weighted by molar-refractivity contribution is 0.104. The summed E-state index contributed by atoms with van der Waals surface area (Å²) in [5.41, 5.74) is 3.09. The quantitative estimate of drug-likeness (QED) is 0.253. The predicted octanol–water partition coefficient (Wildman–Crippen LogP) is 6.75. The molecule has 0 fully saturated rings. The smallest absolute Gasteiger partial charge is 0.185 e. The third-order valence-electron chi connectivity index (χ3n) is 3.69. The number of ketones is 1. The molecule has 0 atom stereocenters. The minimum absolute atomic E-state index is 0.0669. The summed E-state index contributed by atoms with van der Waals surface area (Å²) >= 11 is 9.52. The Hall–Kier alpha value is -2.49. The first-order valence-electron chi connectivity index (χ1n) is 7.98. The summed E-state index contributed by atoms with van der Waals surface area (Å²) in [5, 5.41) is 0.640. The third-order valence-corrected chi connectivity index (χ3v) is 4.56. The van der Waals surface area contributed by atoms with Crippen molar-refractivity contribution in [2.45, 2.75) is 0 Å². The molecule has 0 aliphatic rings. The van der Waals surface area contributed by atoms with Crippen molar-refractivity contribution in [2.24, 2.45) is 4.99 Å². The average Bonchev–Trinajstić information content (AvgIpc) is 2.67. The minimum atomic E-state index is -0.0669. The summed E-state index contributed by atoms with van der Waals surface area (Å²) in [4.78, 5) is 16.8. The van der Waals surface area contributed by atoms with Crippen molar-refractivity contribution in [3.8, 4) is 0 Å². The normalized spacial score (nSPS) is 11.3. The molecule has 0 aromatic heterocycles. The van der Waals surface area contributed by atoms with Crippen LogP contribution in [0.5, 0.6) is 0 Å². The van der Waals surface area contributed by atoms with Crippen LogP contribution in [0.3, 0.4) is 0 Å². The topological polar surface area (TPSA) is 29.4 Å². The van der Waals surface area contributed by atoms with Crippen LogP contribution in [0, 0.1) is 0 Å². The Balaban J connectivity index is 1.75. The monoisotopic (exact) mass is 423 g/mol. The second-order valence-corrected chi connectivity index (χ2v) is 6.90. The lowest BCUT2D eigenvalue weighted by Crippen LogP contribution is -1.93. The number of benzene rings is 3. The van der Waals surface area contributed by atoms with Gasteiger partial charge in [-0.1, -0.05) is 76.1 Å². The Morgan fingerprint density at radius 2 is 1.73 bits per heavy atom. The van der Waals surface area contributed by atoms with E-state index in [1.165, 1.54) is 0 Å². The second-order valence-electron chi connectivity index (χ2n) is 5.58. The zero-order valence-corrected chi connectivity index (χ0v) is 16.1. The van der Waals surface area contributed by atoms with Crippen molar-refractivity contribution >= 4 is 51.3 Å². The van der Waals surface area contributed by atoms with E-state index >= 15 is 0 Å². The van der Waals surface area contributed by atoms with E-state index in [0.717, 1.165) is 15.6 Å². The van der Waals surface area contributed by atoms with E-state index in [1.807, 2.05) is 60.7 Å². The number of nitrogens with zero attached hydrogens (tertiary/aromatic N) is 1. The van der Waals surface area contributed by atoms with Gasteiger partial charge >= 0.3 is 0 Å². The molecule has 0 heterocycles. The fraction of sp³-hybridized carbons (Fsp3) is 0. The van der Waals surface area contributed by atoms with Crippen molar-refractivity contribution < 1.29 is 4.79 Å². The fourth-order valence-electron chi connectivity index (χ4n) is 2.31. The predicted molar refractivity (Wildman–Crippen MR) is 113 cm³/mol. The van der Waals surface area contributed by atoms with E-state index in [1.54, 1.807) is 30.5 Å². The maximum absolute atomic E-state index is 12.4. The summed E-state index contributed by atoms with van der Waals surface area (Å²) < 4.78 is 1.00. The van der Waals surface area contributed by atoms with Gasteiger partial charge in [0.1, 0.15) is 0 Å². The van der Waals surface area contributed by atoms with Crippen LogP contribution >= 0.6 is 27.5 Å². The molecular formula is C22H15BrClNO. The Morgan fingerprint density at radius 3 is 2.50 bits per heavy atom. The van der Waals surface area contributed by atoms with Gasteiger partial charge in [0.15, 0.2) is 5.78 Å². The maximum Gasteiger partial charge on any atom is 0.185 e. The van der Waals surface area contributed by atoms with E-state index in [-0.39, 0.29) is 5.78 Å². The van der Waals surface area contributed by atoms with Gasteiger partial charge in [-0.15, -0.1) is 0 Å². The minimum Gasteiger partial charge on any atom is -0.289 e. The van der Waals surface area contributed by atoms with E-state index < -0.39 is 0 Å². The van der Waals surface area contributed by atoms with E-state index in [4.69, 9.17) is 11.6 Å². The van der Waals surface area contributed by atoms with Crippen LogP contribution in [0.2, 0.25) is 5.02 Å². The number of hydrogen-bond acceptors (Lipinski definition) is 2. The SMILES string of the molecule is O=C(C=Cc1ccc(Br)cc1)c1cccc(N=Cc2ccccc2Cl)c1. The van der Waals surface area contributed by atoms with Crippen molar-refractivity contribution in [1.82, 2.24) is 0 Å². The zero-order valence-electron chi connectivity index (χ0n) is 13.8. The molecule has 0 unspecified atom stereocenters. The number of carbonyl (C=O) groups is 1. The maximum atomic E-state index is 12.4. The van der Waals surface area contributed by atoms with Gasteiger partial charge in [0.05, 0.1) is 5.69 Å². The van der Waals surface area contributed by atoms with Crippen LogP contribution in [-0.4, -0.2) is 12.0 Å². The summed E-state index contributed by atoms with van der Waals surface area (Å²) in [6.45, 7) is 0. The molecule has 0 aliphatic carbocycles. The van der Waals surface area contributed by atoms with Gasteiger partial charge in [0, 0.05) is 26.8 Å². The Morgan fingerprint density at radius 1 is 0.962 bits per heavy atom. The third kappa shape index (κ3) is 5.01. The van der Waals surface area contributed by atoms with Gasteiger partial charge in [-0.05, 0) is 42.0 Å². The van der Waals surface area contributed by atoms with Gasteiger partial charge in [0.25, 0.3) is 0 Å². The highest BCUT2D eigenvalue weighted by Crippen LogP contribution is 2.18. The molecule has 0 spiro atoms. The van der Waals surface area contributed by atoms with Crippen molar-refractivity contribution in [1.29, 1.82) is 0 Å². The molecule has 3 aromatic carbocycles. The van der Waals surface area contributed by atoms with E-state index in [9.17, 15) is 4.79 Å². The van der Waals surface area contributed by atoms with Gasteiger partial charge in [-0.3, -0.25) is 9.79 Å². The first-order chi connectivity index (χ1) is 12.6. The molecule has 0 aliphatic heterocycles. The van der Waals surface area contributed by atoms with E-state index in [2.05, 4.69) is 20.9 Å². The number of rotatable bonds is 5. The first-order valence-corrected chi connectivity index (χ1v) is 9.15. The zero-order chi connectivity index (χ0) is 18.4. The molecule has 26 heavy (non-hydrogen) atoms. The summed E-state index contributed by atoms with van der Waals surface area (Å²) in [5.74, 6) is -0.0669. The molecular weight excluding hydrogens is 410 g/mol. The highest BCUT2D eigenvalue weighted by atomic mass is 79.9. The number of allylic oxidation sites excluding steroid dienone is 1. The van der Waals surface area contributed by atoms with Crippen LogP contribution in [0.1, 0.15) is 21.5 Å². The number of aliphatic imine (C=N–C) groups is 1. The van der Waals surface area contributed by atoms with Crippen molar-refractivity contribution in [3.63, 3.8) is 0 Å².